The minimum absolute atomic E-state index is 0.166. The maximum absolute atomic E-state index is 12.3. The fraction of sp³-hybridized carbons (Fsp3) is 0.227. The van der Waals surface area contributed by atoms with Gasteiger partial charge in [0.15, 0.2) is 11.7 Å². The number of nitrogens with zero attached hydrogens (tertiary/aromatic N) is 1. The lowest BCUT2D eigenvalue weighted by molar-refractivity contribution is -0.116. The standard InChI is InChI=1S/C22H21Cl2N3O4/c1-30-11-10-25-22(29)16-7-6-14(12-18(16)24)27-20(28)8-9-21-26-13-19(31-21)15-4-2-3-5-17(15)23/h2-7,12-13H,8-11H2,1H3,(H,25,29)(H,27,28). The Balaban J connectivity index is 1.54. The van der Waals surface area contributed by atoms with E-state index >= 15 is 0 Å². The summed E-state index contributed by atoms with van der Waals surface area (Å²) in [6.45, 7) is 0.783. The number of hydrogen-bond donors (Lipinski definition) is 2. The average Bonchev–Trinajstić information content (AvgIpc) is 3.21. The molecule has 9 heteroatoms. The van der Waals surface area contributed by atoms with Crippen molar-refractivity contribution < 1.29 is 18.7 Å². The van der Waals surface area contributed by atoms with E-state index in [1.807, 2.05) is 18.2 Å². The van der Waals surface area contributed by atoms with E-state index in [0.717, 1.165) is 5.56 Å². The van der Waals surface area contributed by atoms with Crippen LogP contribution in [0.25, 0.3) is 11.3 Å². The molecule has 0 spiro atoms. The minimum atomic E-state index is -0.307. The van der Waals surface area contributed by atoms with Gasteiger partial charge in [-0.3, -0.25) is 9.59 Å². The number of nitrogens with one attached hydrogen (secondary N) is 2. The van der Waals surface area contributed by atoms with Gasteiger partial charge in [-0.05, 0) is 30.3 Å². The third-order valence-corrected chi connectivity index (χ3v) is 4.99. The molecule has 1 heterocycles. The number of benzene rings is 2. The highest BCUT2D eigenvalue weighted by Crippen LogP contribution is 2.28. The molecular weight excluding hydrogens is 441 g/mol. The summed E-state index contributed by atoms with van der Waals surface area (Å²) >= 11 is 12.4. The summed E-state index contributed by atoms with van der Waals surface area (Å²) in [5, 5.41) is 6.25. The Morgan fingerprint density at radius 1 is 1.13 bits per heavy atom. The highest BCUT2D eigenvalue weighted by molar-refractivity contribution is 6.34. The Kier molecular flexibility index (Phi) is 8.06. The first-order valence-electron chi connectivity index (χ1n) is 9.54. The summed E-state index contributed by atoms with van der Waals surface area (Å²) in [5.74, 6) is 0.447. The fourth-order valence-corrected chi connectivity index (χ4v) is 3.29. The Labute approximate surface area is 189 Å². The molecule has 0 saturated carbocycles. The van der Waals surface area contributed by atoms with Crippen molar-refractivity contribution in [3.63, 3.8) is 0 Å². The molecule has 7 nitrogen and oxygen atoms in total. The summed E-state index contributed by atoms with van der Waals surface area (Å²) in [6, 6.07) is 12.0. The monoisotopic (exact) mass is 461 g/mol. The molecule has 3 aromatic rings. The number of methoxy groups -OCH3 is 1. The molecular formula is C22H21Cl2N3O4. The molecule has 0 aliphatic carbocycles. The van der Waals surface area contributed by atoms with Crippen molar-refractivity contribution in [2.24, 2.45) is 0 Å². The third kappa shape index (κ3) is 6.30. The van der Waals surface area contributed by atoms with Crippen molar-refractivity contribution in [1.82, 2.24) is 10.3 Å². The second-order valence-corrected chi connectivity index (χ2v) is 7.40. The van der Waals surface area contributed by atoms with Gasteiger partial charge in [-0.15, -0.1) is 0 Å². The molecule has 2 amide bonds. The van der Waals surface area contributed by atoms with E-state index in [1.54, 1.807) is 31.5 Å². The van der Waals surface area contributed by atoms with Gasteiger partial charge in [0, 0.05) is 37.7 Å². The van der Waals surface area contributed by atoms with Crippen LogP contribution in [0.3, 0.4) is 0 Å². The molecule has 0 bridgehead atoms. The molecule has 0 aliphatic heterocycles. The van der Waals surface area contributed by atoms with Crippen LogP contribution in [0.15, 0.2) is 53.1 Å². The summed E-state index contributed by atoms with van der Waals surface area (Å²) in [6.07, 6.45) is 2.08. The number of ether oxygens (including phenoxy) is 1. The SMILES string of the molecule is COCCNC(=O)c1ccc(NC(=O)CCc2ncc(-c3ccccc3Cl)o2)cc1Cl. The summed E-state index contributed by atoms with van der Waals surface area (Å²) in [5.41, 5.74) is 1.56. The smallest absolute Gasteiger partial charge is 0.252 e. The molecule has 2 N–H and O–H groups in total. The van der Waals surface area contributed by atoms with Crippen LogP contribution >= 0.6 is 23.2 Å². The highest BCUT2D eigenvalue weighted by atomic mass is 35.5. The van der Waals surface area contributed by atoms with E-state index < -0.39 is 0 Å². The van der Waals surface area contributed by atoms with Crippen LogP contribution in [0.5, 0.6) is 0 Å². The van der Waals surface area contributed by atoms with E-state index in [0.29, 0.717) is 47.5 Å². The van der Waals surface area contributed by atoms with Crippen molar-refractivity contribution in [3.8, 4) is 11.3 Å². The second kappa shape index (κ2) is 10.9. The highest BCUT2D eigenvalue weighted by Gasteiger charge is 2.13. The molecule has 0 atom stereocenters. The first kappa shape index (κ1) is 22.8. The predicted octanol–water partition coefficient (Wildman–Crippen LogP) is 4.60. The number of aromatic nitrogens is 1. The summed E-state index contributed by atoms with van der Waals surface area (Å²) in [4.78, 5) is 28.6. The van der Waals surface area contributed by atoms with Gasteiger partial charge in [-0.25, -0.2) is 4.98 Å². The van der Waals surface area contributed by atoms with Crippen molar-refractivity contribution in [2.45, 2.75) is 12.8 Å². The molecule has 0 saturated heterocycles. The van der Waals surface area contributed by atoms with Crippen LogP contribution < -0.4 is 10.6 Å². The van der Waals surface area contributed by atoms with Crippen LogP contribution in [-0.2, 0) is 16.0 Å². The maximum atomic E-state index is 12.3. The molecule has 162 valence electrons. The molecule has 0 fully saturated rings. The Morgan fingerprint density at radius 2 is 1.94 bits per heavy atom. The van der Waals surface area contributed by atoms with E-state index in [9.17, 15) is 9.59 Å². The summed E-state index contributed by atoms with van der Waals surface area (Å²) in [7, 11) is 1.55. The Hall–Kier alpha value is -2.87. The van der Waals surface area contributed by atoms with Crippen molar-refractivity contribution in [2.75, 3.05) is 25.6 Å². The van der Waals surface area contributed by atoms with Gasteiger partial charge < -0.3 is 19.8 Å². The van der Waals surface area contributed by atoms with Crippen molar-refractivity contribution >= 4 is 40.7 Å². The van der Waals surface area contributed by atoms with Gasteiger partial charge in [-0.1, -0.05) is 35.3 Å². The molecule has 2 aromatic carbocycles. The number of halogens is 2. The molecule has 3 rings (SSSR count). The normalized spacial score (nSPS) is 10.7. The largest absolute Gasteiger partial charge is 0.441 e. The quantitative estimate of drug-likeness (QED) is 0.454. The average molecular weight is 462 g/mol. The third-order valence-electron chi connectivity index (χ3n) is 4.35. The first-order chi connectivity index (χ1) is 15.0. The minimum Gasteiger partial charge on any atom is -0.441 e. The molecule has 1 aromatic heterocycles. The van der Waals surface area contributed by atoms with Crippen LogP contribution in [0, 0.1) is 0 Å². The van der Waals surface area contributed by atoms with Gasteiger partial charge >= 0.3 is 0 Å². The maximum Gasteiger partial charge on any atom is 0.252 e. The first-order valence-corrected chi connectivity index (χ1v) is 10.3. The zero-order valence-corrected chi connectivity index (χ0v) is 18.3. The zero-order valence-electron chi connectivity index (χ0n) is 16.8. The number of rotatable bonds is 9. The predicted molar refractivity (Wildman–Crippen MR) is 120 cm³/mol. The van der Waals surface area contributed by atoms with E-state index in [-0.39, 0.29) is 23.3 Å². The molecule has 0 radical (unpaired) electrons. The second-order valence-electron chi connectivity index (χ2n) is 6.59. The fourth-order valence-electron chi connectivity index (χ4n) is 2.79. The molecule has 0 aliphatic rings. The number of oxazole rings is 1. The lowest BCUT2D eigenvalue weighted by Gasteiger charge is -2.09. The zero-order chi connectivity index (χ0) is 22.2. The van der Waals surface area contributed by atoms with Crippen LogP contribution in [0.2, 0.25) is 10.0 Å². The number of aryl methyl sites for hydroxylation is 1. The number of carbonyl (C=O) groups excluding carboxylic acids is 2. The lowest BCUT2D eigenvalue weighted by Crippen LogP contribution is -2.27. The number of amides is 2. The van der Waals surface area contributed by atoms with E-state index in [2.05, 4.69) is 15.6 Å². The number of anilines is 1. The van der Waals surface area contributed by atoms with Crippen LogP contribution in [0.1, 0.15) is 22.7 Å². The van der Waals surface area contributed by atoms with Crippen LogP contribution in [0.4, 0.5) is 5.69 Å². The van der Waals surface area contributed by atoms with Crippen molar-refractivity contribution in [1.29, 1.82) is 0 Å². The number of hydrogen-bond acceptors (Lipinski definition) is 5. The summed E-state index contributed by atoms with van der Waals surface area (Å²) < 4.78 is 10.6. The molecule has 0 unspecified atom stereocenters. The lowest BCUT2D eigenvalue weighted by atomic mass is 10.2. The van der Waals surface area contributed by atoms with E-state index in [1.165, 1.54) is 6.07 Å². The number of carbonyl (C=O) groups is 2. The van der Waals surface area contributed by atoms with Gasteiger partial charge in [0.1, 0.15) is 0 Å². The van der Waals surface area contributed by atoms with E-state index in [4.69, 9.17) is 32.4 Å². The van der Waals surface area contributed by atoms with Gasteiger partial charge in [0.05, 0.1) is 28.4 Å². The topological polar surface area (TPSA) is 93.5 Å². The van der Waals surface area contributed by atoms with Crippen LogP contribution in [-0.4, -0.2) is 37.1 Å². The van der Waals surface area contributed by atoms with Crippen molar-refractivity contribution in [3.05, 3.63) is 70.2 Å². The molecule has 31 heavy (non-hydrogen) atoms. The Bertz CT molecular complexity index is 1070. The van der Waals surface area contributed by atoms with Gasteiger partial charge in [0.25, 0.3) is 5.91 Å². The van der Waals surface area contributed by atoms with Gasteiger partial charge in [0.2, 0.25) is 5.91 Å². The van der Waals surface area contributed by atoms with Gasteiger partial charge in [-0.2, -0.15) is 0 Å². The Morgan fingerprint density at radius 3 is 2.68 bits per heavy atom.